The van der Waals surface area contributed by atoms with Crippen LogP contribution in [0.4, 0.5) is 0 Å². The molecule has 0 atom stereocenters. The molecule has 0 N–H and O–H groups in total. The van der Waals surface area contributed by atoms with E-state index in [2.05, 4.69) is 43.5 Å². The zero-order valence-corrected chi connectivity index (χ0v) is 8.19. The first-order chi connectivity index (χ1) is 5.79. The molecule has 0 amide bonds. The van der Waals surface area contributed by atoms with E-state index in [0.29, 0.717) is 5.92 Å². The maximum Gasteiger partial charge on any atom is 0.0345 e. The first kappa shape index (κ1) is 7.81. The van der Waals surface area contributed by atoms with Crippen LogP contribution in [0.15, 0.2) is 29.6 Å². The molecule has 0 saturated heterocycles. The van der Waals surface area contributed by atoms with Gasteiger partial charge < -0.3 is 0 Å². The van der Waals surface area contributed by atoms with Crippen molar-refractivity contribution in [3.63, 3.8) is 0 Å². The summed E-state index contributed by atoms with van der Waals surface area (Å²) in [5.74, 6) is 0.640. The predicted molar refractivity (Wildman–Crippen MR) is 55.9 cm³/mol. The van der Waals surface area contributed by atoms with E-state index in [1.54, 1.807) is 0 Å². The van der Waals surface area contributed by atoms with Crippen molar-refractivity contribution in [3.8, 4) is 0 Å². The third-order valence-corrected chi connectivity index (χ3v) is 3.11. The molecule has 1 aromatic heterocycles. The Kier molecular flexibility index (Phi) is 1.89. The zero-order valence-electron chi connectivity index (χ0n) is 7.37. The molecule has 0 saturated carbocycles. The Morgan fingerprint density at radius 3 is 2.67 bits per heavy atom. The molecule has 0 fully saturated rings. The third kappa shape index (κ3) is 1.14. The van der Waals surface area contributed by atoms with Crippen LogP contribution in [0.1, 0.15) is 25.3 Å². The molecule has 0 aliphatic rings. The van der Waals surface area contributed by atoms with Crippen LogP contribution < -0.4 is 0 Å². The lowest BCUT2D eigenvalue weighted by Gasteiger charge is -2.01. The van der Waals surface area contributed by atoms with E-state index in [1.807, 2.05) is 11.3 Å². The van der Waals surface area contributed by atoms with Crippen LogP contribution in [0, 0.1) is 0 Å². The Bertz CT molecular complexity index is 385. The minimum atomic E-state index is 0.640. The molecule has 12 heavy (non-hydrogen) atoms. The first-order valence-electron chi connectivity index (χ1n) is 4.25. The van der Waals surface area contributed by atoms with Gasteiger partial charge in [0, 0.05) is 4.70 Å². The quantitative estimate of drug-likeness (QED) is 0.615. The van der Waals surface area contributed by atoms with E-state index in [9.17, 15) is 0 Å². The fourth-order valence-corrected chi connectivity index (χ4v) is 2.57. The minimum Gasteiger partial charge on any atom is -0.144 e. The van der Waals surface area contributed by atoms with Crippen LogP contribution in [0.3, 0.4) is 0 Å². The summed E-state index contributed by atoms with van der Waals surface area (Å²) in [5, 5.41) is 3.70. The number of thiophene rings is 1. The summed E-state index contributed by atoms with van der Waals surface area (Å²) >= 11 is 1.84. The van der Waals surface area contributed by atoms with Gasteiger partial charge >= 0.3 is 0 Å². The van der Waals surface area contributed by atoms with Crippen LogP contribution in [-0.2, 0) is 0 Å². The fourth-order valence-electron chi connectivity index (χ4n) is 1.45. The highest BCUT2D eigenvalue weighted by Crippen LogP contribution is 2.30. The Morgan fingerprint density at radius 1 is 1.17 bits per heavy atom. The molecule has 0 unspecified atom stereocenters. The summed E-state index contributed by atoms with van der Waals surface area (Å²) < 4.78 is 1.40. The van der Waals surface area contributed by atoms with Gasteiger partial charge in [-0.1, -0.05) is 32.0 Å². The zero-order chi connectivity index (χ0) is 8.55. The largest absolute Gasteiger partial charge is 0.144 e. The van der Waals surface area contributed by atoms with Gasteiger partial charge in [0.1, 0.15) is 0 Å². The van der Waals surface area contributed by atoms with Crippen LogP contribution in [0.2, 0.25) is 0 Å². The summed E-state index contributed by atoms with van der Waals surface area (Å²) in [6.45, 7) is 4.49. The molecule has 0 bridgehead atoms. The molecule has 0 nitrogen and oxygen atoms in total. The van der Waals surface area contributed by atoms with E-state index >= 15 is 0 Å². The number of benzene rings is 1. The van der Waals surface area contributed by atoms with Gasteiger partial charge in [0.2, 0.25) is 0 Å². The molecule has 0 aliphatic carbocycles. The lowest BCUT2D eigenvalue weighted by molar-refractivity contribution is 0.880. The monoisotopic (exact) mass is 176 g/mol. The van der Waals surface area contributed by atoms with Crippen molar-refractivity contribution < 1.29 is 0 Å². The molecule has 2 rings (SSSR count). The lowest BCUT2D eigenvalue weighted by Crippen LogP contribution is -1.82. The summed E-state index contributed by atoms with van der Waals surface area (Å²) in [5.41, 5.74) is 1.48. The van der Waals surface area contributed by atoms with E-state index in [0.717, 1.165) is 0 Å². The highest BCUT2D eigenvalue weighted by atomic mass is 32.1. The molecule has 2 aromatic rings. The van der Waals surface area contributed by atoms with Gasteiger partial charge in [-0.2, -0.15) is 0 Å². The molecular weight excluding hydrogens is 164 g/mol. The molecule has 62 valence electrons. The van der Waals surface area contributed by atoms with Crippen molar-refractivity contribution in [2.45, 2.75) is 19.8 Å². The summed E-state index contributed by atoms with van der Waals surface area (Å²) in [4.78, 5) is 0. The molecular formula is C11H12S. The second-order valence-electron chi connectivity index (χ2n) is 3.34. The normalized spacial score (nSPS) is 11.2. The molecule has 1 heteroatoms. The molecule has 1 heterocycles. The van der Waals surface area contributed by atoms with E-state index in [4.69, 9.17) is 0 Å². The van der Waals surface area contributed by atoms with Gasteiger partial charge in [0.25, 0.3) is 0 Å². The number of fused-ring (bicyclic) bond motifs is 1. The highest BCUT2D eigenvalue weighted by Gasteiger charge is 2.05. The van der Waals surface area contributed by atoms with Gasteiger partial charge in [0.15, 0.2) is 0 Å². The topological polar surface area (TPSA) is 0 Å². The maximum absolute atomic E-state index is 2.27. The smallest absolute Gasteiger partial charge is 0.0345 e. The van der Waals surface area contributed by atoms with E-state index < -0.39 is 0 Å². The van der Waals surface area contributed by atoms with Crippen molar-refractivity contribution >= 4 is 21.4 Å². The van der Waals surface area contributed by atoms with Crippen LogP contribution >= 0.6 is 11.3 Å². The molecule has 0 radical (unpaired) electrons. The average molecular weight is 176 g/mol. The lowest BCUT2D eigenvalue weighted by atomic mass is 10.0. The van der Waals surface area contributed by atoms with Crippen molar-refractivity contribution in [3.05, 3.63) is 35.2 Å². The van der Waals surface area contributed by atoms with Crippen molar-refractivity contribution in [2.24, 2.45) is 0 Å². The van der Waals surface area contributed by atoms with E-state index in [1.165, 1.54) is 15.6 Å². The average Bonchev–Trinajstić information content (AvgIpc) is 2.47. The van der Waals surface area contributed by atoms with Crippen LogP contribution in [-0.4, -0.2) is 0 Å². The molecule has 1 aromatic carbocycles. The Balaban J connectivity index is 2.70. The third-order valence-electron chi connectivity index (χ3n) is 2.13. The highest BCUT2D eigenvalue weighted by molar-refractivity contribution is 7.17. The predicted octanol–water partition coefficient (Wildman–Crippen LogP) is 4.02. The Morgan fingerprint density at radius 2 is 1.92 bits per heavy atom. The van der Waals surface area contributed by atoms with Crippen molar-refractivity contribution in [2.75, 3.05) is 0 Å². The van der Waals surface area contributed by atoms with Gasteiger partial charge in [-0.25, -0.2) is 0 Å². The van der Waals surface area contributed by atoms with Gasteiger partial charge in [0.05, 0.1) is 0 Å². The number of hydrogen-bond donors (Lipinski definition) is 0. The summed E-state index contributed by atoms with van der Waals surface area (Å²) in [7, 11) is 0. The van der Waals surface area contributed by atoms with Gasteiger partial charge in [-0.15, -0.1) is 11.3 Å². The standard InChI is InChI=1S/C11H12S/c1-8(2)10-7-12-11-6-4-3-5-9(10)11/h3-8H,1-2H3. The van der Waals surface area contributed by atoms with Crippen LogP contribution in [0.25, 0.3) is 10.1 Å². The molecule has 0 aliphatic heterocycles. The minimum absolute atomic E-state index is 0.640. The summed E-state index contributed by atoms with van der Waals surface area (Å²) in [6, 6.07) is 8.61. The number of rotatable bonds is 1. The Hall–Kier alpha value is -0.820. The first-order valence-corrected chi connectivity index (χ1v) is 5.13. The number of hydrogen-bond acceptors (Lipinski definition) is 1. The van der Waals surface area contributed by atoms with Crippen molar-refractivity contribution in [1.29, 1.82) is 0 Å². The maximum atomic E-state index is 2.27. The van der Waals surface area contributed by atoms with E-state index in [-0.39, 0.29) is 0 Å². The fraction of sp³-hybridized carbons (Fsp3) is 0.273. The van der Waals surface area contributed by atoms with Crippen LogP contribution in [0.5, 0.6) is 0 Å². The second kappa shape index (κ2) is 2.91. The Labute approximate surface area is 76.8 Å². The van der Waals surface area contributed by atoms with Gasteiger partial charge in [-0.05, 0) is 28.3 Å². The second-order valence-corrected chi connectivity index (χ2v) is 4.25. The summed E-state index contributed by atoms with van der Waals surface area (Å²) in [6.07, 6.45) is 0. The SMILES string of the molecule is CC(C)c1csc2ccccc12. The van der Waals surface area contributed by atoms with Gasteiger partial charge in [-0.3, -0.25) is 0 Å². The van der Waals surface area contributed by atoms with Crippen molar-refractivity contribution in [1.82, 2.24) is 0 Å². The molecule has 0 spiro atoms.